The summed E-state index contributed by atoms with van der Waals surface area (Å²) >= 11 is 0. The van der Waals surface area contributed by atoms with Gasteiger partial charge >= 0.3 is 0 Å². The Morgan fingerprint density at radius 1 is 1.21 bits per heavy atom. The molecule has 24 heavy (non-hydrogen) atoms. The molecule has 0 aromatic carbocycles. The van der Waals surface area contributed by atoms with Crippen LogP contribution in [0.1, 0.15) is 23.2 Å². The third-order valence-electron chi connectivity index (χ3n) is 4.99. The van der Waals surface area contributed by atoms with Gasteiger partial charge in [0.15, 0.2) is 0 Å². The van der Waals surface area contributed by atoms with Crippen LogP contribution in [0.15, 0.2) is 30.9 Å². The monoisotopic (exact) mass is 326 g/mol. The van der Waals surface area contributed by atoms with Crippen LogP contribution >= 0.6 is 0 Å². The van der Waals surface area contributed by atoms with E-state index >= 15 is 0 Å². The second-order valence-electron chi connectivity index (χ2n) is 6.47. The van der Waals surface area contributed by atoms with Crippen molar-refractivity contribution < 1.29 is 9.59 Å². The maximum atomic E-state index is 13.0. The lowest BCUT2D eigenvalue weighted by Crippen LogP contribution is -2.38. The van der Waals surface area contributed by atoms with Gasteiger partial charge in [0, 0.05) is 32.9 Å². The fourth-order valence-electron chi connectivity index (χ4n) is 3.64. The van der Waals surface area contributed by atoms with Crippen molar-refractivity contribution in [3.63, 3.8) is 0 Å². The van der Waals surface area contributed by atoms with Crippen LogP contribution in [0.25, 0.3) is 0 Å². The van der Waals surface area contributed by atoms with Gasteiger partial charge in [-0.1, -0.05) is 0 Å². The second kappa shape index (κ2) is 5.40. The molecule has 1 atom stereocenters. The number of rotatable bonds is 2. The summed E-state index contributed by atoms with van der Waals surface area (Å²) in [6, 6.07) is 1.65. The van der Waals surface area contributed by atoms with E-state index < -0.39 is 5.41 Å². The molecule has 124 valence electrons. The smallest absolute Gasteiger partial charge is 0.255 e. The zero-order chi connectivity index (χ0) is 16.7. The fraction of sp³-hybridized carbons (Fsp3) is 0.438. The molecule has 0 saturated carbocycles. The van der Waals surface area contributed by atoms with Gasteiger partial charge in [-0.25, -0.2) is 0 Å². The molecule has 0 aliphatic carbocycles. The zero-order valence-corrected chi connectivity index (χ0v) is 13.4. The summed E-state index contributed by atoms with van der Waals surface area (Å²) < 4.78 is 1.69. The van der Waals surface area contributed by atoms with Crippen molar-refractivity contribution in [2.45, 2.75) is 12.8 Å². The van der Waals surface area contributed by atoms with E-state index in [1.807, 2.05) is 13.2 Å². The number of nitrogens with zero attached hydrogens (tertiary/aromatic N) is 6. The standard InChI is InChI=1S/C16H18N6O2/c1-20-10-13(9-19-20)22-7-4-16(15(22)24)3-6-21(11-16)14(23)12-2-5-17-18-8-12/h2,5,8-10H,3-4,6-7,11H2,1H3/t16-/m1/s1. The molecule has 2 aliphatic heterocycles. The van der Waals surface area contributed by atoms with Gasteiger partial charge in [-0.05, 0) is 18.9 Å². The van der Waals surface area contributed by atoms with Crippen molar-refractivity contribution in [3.05, 3.63) is 36.4 Å². The molecule has 1 spiro atoms. The van der Waals surface area contributed by atoms with Crippen LogP contribution < -0.4 is 4.90 Å². The Hall–Kier alpha value is -2.77. The molecule has 4 heterocycles. The van der Waals surface area contributed by atoms with E-state index in [1.165, 1.54) is 12.4 Å². The Morgan fingerprint density at radius 3 is 2.75 bits per heavy atom. The molecule has 0 radical (unpaired) electrons. The summed E-state index contributed by atoms with van der Waals surface area (Å²) in [5.41, 5.74) is 0.866. The largest absolute Gasteiger partial charge is 0.337 e. The zero-order valence-electron chi connectivity index (χ0n) is 13.4. The summed E-state index contributed by atoms with van der Waals surface area (Å²) in [6.07, 6.45) is 7.98. The van der Waals surface area contributed by atoms with Crippen LogP contribution in [0.5, 0.6) is 0 Å². The van der Waals surface area contributed by atoms with Gasteiger partial charge in [0.25, 0.3) is 5.91 Å². The molecule has 4 rings (SSSR count). The van der Waals surface area contributed by atoms with Gasteiger partial charge in [-0.3, -0.25) is 14.3 Å². The van der Waals surface area contributed by atoms with E-state index in [1.54, 1.807) is 26.7 Å². The number of aryl methyl sites for hydroxylation is 1. The van der Waals surface area contributed by atoms with Crippen LogP contribution in [-0.4, -0.2) is 56.3 Å². The summed E-state index contributed by atoms with van der Waals surface area (Å²) in [6.45, 7) is 1.72. The third kappa shape index (κ3) is 2.26. The van der Waals surface area contributed by atoms with E-state index in [4.69, 9.17) is 0 Å². The van der Waals surface area contributed by atoms with E-state index in [2.05, 4.69) is 15.3 Å². The lowest BCUT2D eigenvalue weighted by atomic mass is 9.85. The highest BCUT2D eigenvalue weighted by Crippen LogP contribution is 2.42. The number of carbonyl (C=O) groups excluding carboxylic acids is 2. The quantitative estimate of drug-likeness (QED) is 0.801. The molecule has 2 aromatic heterocycles. The first-order valence-electron chi connectivity index (χ1n) is 7.96. The van der Waals surface area contributed by atoms with Gasteiger partial charge in [0.1, 0.15) is 0 Å². The lowest BCUT2D eigenvalue weighted by molar-refractivity contribution is -0.124. The normalized spacial score (nSPS) is 23.5. The number of hydrogen-bond donors (Lipinski definition) is 0. The van der Waals surface area contributed by atoms with Crippen LogP contribution in [0, 0.1) is 5.41 Å². The molecule has 2 amide bonds. The number of anilines is 1. The maximum absolute atomic E-state index is 13.0. The van der Waals surface area contributed by atoms with E-state index in [9.17, 15) is 9.59 Å². The van der Waals surface area contributed by atoms with Gasteiger partial charge in [0.05, 0.1) is 35.3 Å². The van der Waals surface area contributed by atoms with Crippen molar-refractivity contribution in [3.8, 4) is 0 Å². The van der Waals surface area contributed by atoms with Crippen LogP contribution in [0.2, 0.25) is 0 Å². The fourth-order valence-corrected chi connectivity index (χ4v) is 3.64. The molecule has 8 nitrogen and oxygen atoms in total. The Morgan fingerprint density at radius 2 is 2.04 bits per heavy atom. The van der Waals surface area contributed by atoms with Gasteiger partial charge in [0.2, 0.25) is 5.91 Å². The van der Waals surface area contributed by atoms with Crippen LogP contribution in [0.3, 0.4) is 0 Å². The van der Waals surface area contributed by atoms with Crippen molar-refractivity contribution in [1.82, 2.24) is 24.9 Å². The SMILES string of the molecule is Cn1cc(N2CC[C@@]3(CCN(C(=O)c4ccnnc4)C3)C2=O)cn1. The van der Waals surface area contributed by atoms with Gasteiger partial charge in [-0.2, -0.15) is 15.3 Å². The Kier molecular flexibility index (Phi) is 3.33. The van der Waals surface area contributed by atoms with Crippen molar-refractivity contribution >= 4 is 17.5 Å². The summed E-state index contributed by atoms with van der Waals surface area (Å²) in [5.74, 6) is 0.00746. The second-order valence-corrected chi connectivity index (χ2v) is 6.47. The third-order valence-corrected chi connectivity index (χ3v) is 4.99. The Labute approximate surface area is 139 Å². The highest BCUT2D eigenvalue weighted by Gasteiger charge is 2.52. The van der Waals surface area contributed by atoms with Crippen LogP contribution in [0.4, 0.5) is 5.69 Å². The van der Waals surface area contributed by atoms with Crippen molar-refractivity contribution in [2.24, 2.45) is 12.5 Å². The van der Waals surface area contributed by atoms with Crippen LogP contribution in [-0.2, 0) is 11.8 Å². The van der Waals surface area contributed by atoms with E-state index in [-0.39, 0.29) is 11.8 Å². The predicted octanol–water partition coefficient (Wildman–Crippen LogP) is 0.479. The van der Waals surface area contributed by atoms with Gasteiger partial charge in [-0.15, -0.1) is 0 Å². The topological polar surface area (TPSA) is 84.2 Å². The molecule has 0 N–H and O–H groups in total. The number of aromatic nitrogens is 4. The Balaban J connectivity index is 1.52. The molecule has 2 aliphatic rings. The molecular weight excluding hydrogens is 308 g/mol. The summed E-state index contributed by atoms with van der Waals surface area (Å²) in [4.78, 5) is 29.1. The number of likely N-dealkylation sites (tertiary alicyclic amines) is 1. The molecule has 2 aromatic rings. The number of hydrogen-bond acceptors (Lipinski definition) is 5. The highest BCUT2D eigenvalue weighted by atomic mass is 16.2. The first kappa shape index (κ1) is 14.8. The molecule has 2 fully saturated rings. The summed E-state index contributed by atoms with van der Waals surface area (Å²) in [5, 5.41) is 11.6. The maximum Gasteiger partial charge on any atom is 0.255 e. The van der Waals surface area contributed by atoms with Crippen molar-refractivity contribution in [1.29, 1.82) is 0 Å². The predicted molar refractivity (Wildman–Crippen MR) is 85.2 cm³/mol. The molecule has 8 heteroatoms. The minimum Gasteiger partial charge on any atom is -0.337 e. The first-order chi connectivity index (χ1) is 11.6. The average molecular weight is 326 g/mol. The number of amides is 2. The first-order valence-corrected chi connectivity index (χ1v) is 7.96. The van der Waals surface area contributed by atoms with Gasteiger partial charge < -0.3 is 9.80 Å². The highest BCUT2D eigenvalue weighted by molar-refractivity contribution is 6.01. The molecule has 2 saturated heterocycles. The minimum absolute atomic E-state index is 0.0885. The average Bonchev–Trinajstić information content (AvgIpc) is 3.30. The minimum atomic E-state index is -0.466. The molecular formula is C16H18N6O2. The molecule has 0 unspecified atom stereocenters. The van der Waals surface area contributed by atoms with E-state index in [0.29, 0.717) is 31.6 Å². The van der Waals surface area contributed by atoms with Crippen molar-refractivity contribution in [2.75, 3.05) is 24.5 Å². The number of carbonyl (C=O) groups is 2. The lowest BCUT2D eigenvalue weighted by Gasteiger charge is -2.23. The molecule has 0 bridgehead atoms. The Bertz CT molecular complexity index is 789. The summed E-state index contributed by atoms with van der Waals surface area (Å²) in [7, 11) is 1.83. The van der Waals surface area contributed by atoms with E-state index in [0.717, 1.165) is 12.1 Å².